The molecule has 1 amide bonds. The third-order valence-electron chi connectivity index (χ3n) is 3.03. The Bertz CT molecular complexity index is 680. The Hall–Kier alpha value is -2.82. The van der Waals surface area contributed by atoms with Gasteiger partial charge in [-0.25, -0.2) is 4.79 Å². The van der Waals surface area contributed by atoms with Gasteiger partial charge in [-0.1, -0.05) is 30.3 Å². The van der Waals surface area contributed by atoms with Gasteiger partial charge in [-0.15, -0.1) is 0 Å². The molecule has 0 unspecified atom stereocenters. The average molecular weight is 299 g/mol. The van der Waals surface area contributed by atoms with E-state index in [1.165, 1.54) is 18.1 Å². The third kappa shape index (κ3) is 3.44. The molecule has 0 bridgehead atoms. The van der Waals surface area contributed by atoms with E-state index in [9.17, 15) is 9.59 Å². The smallest absolute Gasteiger partial charge is 0.414 e. The Morgan fingerprint density at radius 1 is 1.00 bits per heavy atom. The predicted octanol–water partition coefficient (Wildman–Crippen LogP) is 2.99. The first-order valence-electron chi connectivity index (χ1n) is 6.70. The molecular formula is C17H17NO4. The summed E-state index contributed by atoms with van der Waals surface area (Å²) in [6.45, 7) is 0. The molecule has 0 fully saturated rings. The number of hydrogen-bond donors (Lipinski definition) is 0. The van der Waals surface area contributed by atoms with Gasteiger partial charge in [0.15, 0.2) is 5.78 Å². The molecule has 0 aromatic heterocycles. The van der Waals surface area contributed by atoms with Crippen LogP contribution in [0.1, 0.15) is 15.9 Å². The van der Waals surface area contributed by atoms with Gasteiger partial charge in [0.25, 0.3) is 0 Å². The SMILES string of the molecule is COc1ccc(C(=O)c2ccccc2)c(OC(=O)N(C)C)c1. The first-order chi connectivity index (χ1) is 10.5. The van der Waals surface area contributed by atoms with E-state index in [1.807, 2.05) is 6.07 Å². The maximum atomic E-state index is 12.6. The number of amides is 1. The van der Waals surface area contributed by atoms with Gasteiger partial charge in [0, 0.05) is 25.7 Å². The molecule has 114 valence electrons. The number of ether oxygens (including phenoxy) is 2. The Balaban J connectivity index is 2.42. The van der Waals surface area contributed by atoms with Crippen LogP contribution in [0.4, 0.5) is 4.79 Å². The summed E-state index contributed by atoms with van der Waals surface area (Å²) in [5.41, 5.74) is 0.831. The van der Waals surface area contributed by atoms with Crippen LogP contribution in [0.25, 0.3) is 0 Å². The zero-order chi connectivity index (χ0) is 16.1. The van der Waals surface area contributed by atoms with Crippen LogP contribution < -0.4 is 9.47 Å². The number of ketones is 1. The van der Waals surface area contributed by atoms with Crippen molar-refractivity contribution in [3.63, 3.8) is 0 Å². The number of carbonyl (C=O) groups is 2. The highest BCUT2D eigenvalue weighted by molar-refractivity contribution is 6.11. The van der Waals surface area contributed by atoms with E-state index in [-0.39, 0.29) is 11.5 Å². The summed E-state index contributed by atoms with van der Waals surface area (Å²) < 4.78 is 10.4. The molecule has 0 spiro atoms. The highest BCUT2D eigenvalue weighted by Crippen LogP contribution is 2.27. The molecule has 0 N–H and O–H groups in total. The van der Waals surface area contributed by atoms with Crippen LogP contribution in [0, 0.1) is 0 Å². The second kappa shape index (κ2) is 6.76. The third-order valence-corrected chi connectivity index (χ3v) is 3.03. The van der Waals surface area contributed by atoms with E-state index in [0.29, 0.717) is 16.9 Å². The fourth-order valence-corrected chi connectivity index (χ4v) is 1.83. The summed E-state index contributed by atoms with van der Waals surface area (Å²) in [7, 11) is 4.65. The Kier molecular flexibility index (Phi) is 4.78. The maximum absolute atomic E-state index is 12.6. The Morgan fingerprint density at radius 3 is 2.27 bits per heavy atom. The molecule has 2 aromatic rings. The summed E-state index contributed by atoms with van der Waals surface area (Å²) in [6.07, 6.45) is -0.560. The van der Waals surface area contributed by atoms with Crippen molar-refractivity contribution in [1.82, 2.24) is 4.90 Å². The number of carbonyl (C=O) groups excluding carboxylic acids is 2. The molecule has 5 heteroatoms. The molecule has 0 saturated carbocycles. The molecular weight excluding hydrogens is 282 g/mol. The first-order valence-corrected chi connectivity index (χ1v) is 6.70. The van der Waals surface area contributed by atoms with Gasteiger partial charge in [0.1, 0.15) is 11.5 Å². The van der Waals surface area contributed by atoms with Crippen LogP contribution >= 0.6 is 0 Å². The molecule has 2 rings (SSSR count). The Labute approximate surface area is 129 Å². The van der Waals surface area contributed by atoms with Crippen molar-refractivity contribution < 1.29 is 19.1 Å². The zero-order valence-corrected chi connectivity index (χ0v) is 12.7. The Morgan fingerprint density at radius 2 is 1.68 bits per heavy atom. The van der Waals surface area contributed by atoms with Crippen LogP contribution in [0.2, 0.25) is 0 Å². The molecule has 2 aromatic carbocycles. The predicted molar refractivity (Wildman–Crippen MR) is 82.6 cm³/mol. The fourth-order valence-electron chi connectivity index (χ4n) is 1.83. The molecule has 0 radical (unpaired) electrons. The van der Waals surface area contributed by atoms with Gasteiger partial charge < -0.3 is 14.4 Å². The van der Waals surface area contributed by atoms with Gasteiger partial charge in [0.2, 0.25) is 0 Å². The second-order valence-corrected chi connectivity index (χ2v) is 4.82. The number of hydrogen-bond acceptors (Lipinski definition) is 4. The maximum Gasteiger partial charge on any atom is 0.414 e. The van der Waals surface area contributed by atoms with Crippen LogP contribution in [0.5, 0.6) is 11.5 Å². The largest absolute Gasteiger partial charge is 0.497 e. The lowest BCUT2D eigenvalue weighted by Crippen LogP contribution is -2.26. The summed E-state index contributed by atoms with van der Waals surface area (Å²) in [6, 6.07) is 13.6. The minimum Gasteiger partial charge on any atom is -0.497 e. The lowest BCUT2D eigenvalue weighted by atomic mass is 10.0. The van der Waals surface area contributed by atoms with E-state index in [2.05, 4.69) is 0 Å². The van der Waals surface area contributed by atoms with E-state index >= 15 is 0 Å². The normalized spacial score (nSPS) is 9.95. The topological polar surface area (TPSA) is 55.8 Å². The quantitative estimate of drug-likeness (QED) is 0.814. The van der Waals surface area contributed by atoms with Crippen molar-refractivity contribution in [1.29, 1.82) is 0 Å². The molecule has 0 aliphatic carbocycles. The highest BCUT2D eigenvalue weighted by atomic mass is 16.6. The van der Waals surface area contributed by atoms with E-state index in [4.69, 9.17) is 9.47 Å². The lowest BCUT2D eigenvalue weighted by molar-refractivity contribution is 0.103. The summed E-state index contributed by atoms with van der Waals surface area (Å²) in [5, 5.41) is 0. The summed E-state index contributed by atoms with van der Waals surface area (Å²) >= 11 is 0. The van der Waals surface area contributed by atoms with E-state index in [1.54, 1.807) is 50.5 Å². The van der Waals surface area contributed by atoms with Gasteiger partial charge in [-0.3, -0.25) is 4.79 Å². The average Bonchev–Trinajstić information content (AvgIpc) is 2.54. The molecule has 0 heterocycles. The fraction of sp³-hybridized carbons (Fsp3) is 0.176. The van der Waals surface area contributed by atoms with Crippen LogP contribution in [-0.2, 0) is 0 Å². The molecule has 0 aliphatic heterocycles. The number of methoxy groups -OCH3 is 1. The first kappa shape index (κ1) is 15.6. The van der Waals surface area contributed by atoms with Crippen LogP contribution in [0.3, 0.4) is 0 Å². The van der Waals surface area contributed by atoms with Gasteiger partial charge >= 0.3 is 6.09 Å². The zero-order valence-electron chi connectivity index (χ0n) is 12.7. The van der Waals surface area contributed by atoms with E-state index in [0.717, 1.165) is 0 Å². The summed E-state index contributed by atoms with van der Waals surface area (Å²) in [5.74, 6) is 0.461. The van der Waals surface area contributed by atoms with E-state index < -0.39 is 6.09 Å². The molecule has 22 heavy (non-hydrogen) atoms. The van der Waals surface area contributed by atoms with Crippen LogP contribution in [-0.4, -0.2) is 38.0 Å². The minimum absolute atomic E-state index is 0.173. The van der Waals surface area contributed by atoms with Crippen molar-refractivity contribution >= 4 is 11.9 Å². The second-order valence-electron chi connectivity index (χ2n) is 4.82. The molecule has 5 nitrogen and oxygen atoms in total. The van der Waals surface area contributed by atoms with Crippen molar-refractivity contribution in [2.24, 2.45) is 0 Å². The molecule has 0 atom stereocenters. The highest BCUT2D eigenvalue weighted by Gasteiger charge is 2.18. The van der Waals surface area contributed by atoms with Gasteiger partial charge in [-0.05, 0) is 12.1 Å². The van der Waals surface area contributed by atoms with Crippen molar-refractivity contribution in [3.8, 4) is 11.5 Å². The number of benzene rings is 2. The van der Waals surface area contributed by atoms with Crippen molar-refractivity contribution in [2.75, 3.05) is 21.2 Å². The van der Waals surface area contributed by atoms with Gasteiger partial charge in [0.05, 0.1) is 12.7 Å². The molecule has 0 aliphatic rings. The van der Waals surface area contributed by atoms with Gasteiger partial charge in [-0.2, -0.15) is 0 Å². The number of rotatable bonds is 4. The molecule has 0 saturated heterocycles. The van der Waals surface area contributed by atoms with Crippen LogP contribution in [0.15, 0.2) is 48.5 Å². The van der Waals surface area contributed by atoms with Crippen molar-refractivity contribution in [2.45, 2.75) is 0 Å². The lowest BCUT2D eigenvalue weighted by Gasteiger charge is -2.14. The standard InChI is InChI=1S/C17H17NO4/c1-18(2)17(20)22-15-11-13(21-3)9-10-14(15)16(19)12-7-5-4-6-8-12/h4-11H,1-3H3. The minimum atomic E-state index is -0.560. The van der Waals surface area contributed by atoms with Crippen molar-refractivity contribution in [3.05, 3.63) is 59.7 Å². The number of nitrogens with zero attached hydrogens (tertiary/aromatic N) is 1. The monoisotopic (exact) mass is 299 g/mol. The summed E-state index contributed by atoms with van der Waals surface area (Å²) in [4.78, 5) is 25.6.